The monoisotopic (exact) mass is 403 g/mol. The average Bonchev–Trinajstić information content (AvgIpc) is 3.20. The molecule has 0 N–H and O–H groups in total. The molecule has 4 heteroatoms. The Bertz CT molecular complexity index is 854. The van der Waals surface area contributed by atoms with Gasteiger partial charge in [-0.2, -0.15) is 4.74 Å². The molecule has 3 aromatic carbocycles. The highest BCUT2D eigenvalue weighted by Crippen LogP contribution is 2.26. The van der Waals surface area contributed by atoms with E-state index in [0.29, 0.717) is 26.4 Å². The molecular weight excluding hydrogens is 376 g/mol. The molecule has 4 rings (SSSR count). The lowest BCUT2D eigenvalue weighted by Gasteiger charge is -2.19. The van der Waals surface area contributed by atoms with Gasteiger partial charge in [0.1, 0.15) is 0 Å². The zero-order valence-corrected chi connectivity index (χ0v) is 16.9. The molecule has 0 spiro atoms. The van der Waals surface area contributed by atoms with Crippen molar-refractivity contribution in [3.8, 4) is 0 Å². The molecule has 1 saturated heterocycles. The molecule has 0 radical (unpaired) electrons. The SMILES string of the molecule is c1ccc(COC[C@H]2O[CH+][C@H](OCc3ccccc3)[C@@H]2OCc2ccccc2)cc1. The molecule has 0 amide bonds. The average molecular weight is 403 g/mol. The van der Waals surface area contributed by atoms with Gasteiger partial charge in [0.15, 0.2) is 12.2 Å². The lowest BCUT2D eigenvalue weighted by atomic mass is 10.1. The Morgan fingerprint density at radius 3 is 1.70 bits per heavy atom. The van der Waals surface area contributed by atoms with Crippen molar-refractivity contribution < 1.29 is 18.9 Å². The van der Waals surface area contributed by atoms with Gasteiger partial charge in [-0.15, -0.1) is 0 Å². The van der Waals surface area contributed by atoms with Crippen molar-refractivity contribution >= 4 is 0 Å². The molecule has 0 bridgehead atoms. The first-order chi connectivity index (χ1) is 14.9. The third-order valence-electron chi connectivity index (χ3n) is 5.04. The first kappa shape index (κ1) is 20.6. The van der Waals surface area contributed by atoms with Crippen LogP contribution in [0.2, 0.25) is 0 Å². The quantitative estimate of drug-likeness (QED) is 0.450. The molecule has 154 valence electrons. The standard InChI is InChI=1S/C26H27O4/c1-4-10-21(11-5-1)16-27-19-24-26(30-18-23-14-8-3-9-15-23)25(20-29-24)28-17-22-12-6-2-7-13-22/h1-15,20,24-26H,16-19H2/q+1/t24-,25+,26-/m1/s1. The number of hydrogen-bond donors (Lipinski definition) is 0. The summed E-state index contributed by atoms with van der Waals surface area (Å²) in [7, 11) is 0. The first-order valence-electron chi connectivity index (χ1n) is 10.3. The normalized spacial score (nSPS) is 20.7. The van der Waals surface area contributed by atoms with Gasteiger partial charge in [-0.05, 0) is 16.7 Å². The van der Waals surface area contributed by atoms with E-state index in [1.165, 1.54) is 0 Å². The highest BCUT2D eigenvalue weighted by atomic mass is 16.6. The number of rotatable bonds is 10. The summed E-state index contributed by atoms with van der Waals surface area (Å²) in [6, 6.07) is 30.4. The van der Waals surface area contributed by atoms with E-state index in [1.807, 2.05) is 54.6 Å². The van der Waals surface area contributed by atoms with E-state index >= 15 is 0 Å². The summed E-state index contributed by atoms with van der Waals surface area (Å²) >= 11 is 0. The van der Waals surface area contributed by atoms with Crippen molar-refractivity contribution in [1.29, 1.82) is 0 Å². The van der Waals surface area contributed by atoms with Crippen LogP contribution >= 0.6 is 0 Å². The molecule has 0 saturated carbocycles. The molecule has 1 aliphatic heterocycles. The lowest BCUT2D eigenvalue weighted by molar-refractivity contribution is -0.0894. The van der Waals surface area contributed by atoms with Crippen molar-refractivity contribution in [3.63, 3.8) is 0 Å². The second-order valence-electron chi connectivity index (χ2n) is 7.33. The third kappa shape index (κ3) is 5.94. The summed E-state index contributed by atoms with van der Waals surface area (Å²) in [4.78, 5) is 0. The van der Waals surface area contributed by atoms with E-state index in [0.717, 1.165) is 16.7 Å². The number of hydrogen-bond acceptors (Lipinski definition) is 4. The molecule has 3 aromatic rings. The highest BCUT2D eigenvalue weighted by Gasteiger charge is 2.48. The van der Waals surface area contributed by atoms with Crippen LogP contribution < -0.4 is 0 Å². The molecule has 0 aliphatic carbocycles. The maximum atomic E-state index is 6.24. The van der Waals surface area contributed by atoms with Crippen LogP contribution in [0.4, 0.5) is 0 Å². The molecule has 0 aromatic heterocycles. The summed E-state index contributed by atoms with van der Waals surface area (Å²) < 4.78 is 24.2. The fourth-order valence-electron chi connectivity index (χ4n) is 3.42. The van der Waals surface area contributed by atoms with Gasteiger partial charge in [0.2, 0.25) is 0 Å². The van der Waals surface area contributed by atoms with Gasteiger partial charge in [-0.1, -0.05) is 91.0 Å². The van der Waals surface area contributed by atoms with Gasteiger partial charge in [0.25, 0.3) is 12.7 Å². The maximum absolute atomic E-state index is 6.24. The lowest BCUT2D eigenvalue weighted by Crippen LogP contribution is -2.37. The first-order valence-corrected chi connectivity index (χ1v) is 10.3. The summed E-state index contributed by atoms with van der Waals surface area (Å²) in [5, 5.41) is 0. The van der Waals surface area contributed by atoms with E-state index in [4.69, 9.17) is 18.9 Å². The van der Waals surface area contributed by atoms with Gasteiger partial charge in [-0.25, -0.2) is 0 Å². The Morgan fingerprint density at radius 2 is 1.13 bits per heavy atom. The Morgan fingerprint density at radius 1 is 0.633 bits per heavy atom. The molecule has 3 atom stereocenters. The summed E-state index contributed by atoms with van der Waals surface area (Å²) in [6.45, 7) is 3.74. The van der Waals surface area contributed by atoms with Crippen molar-refractivity contribution in [3.05, 3.63) is 114 Å². The molecule has 1 aliphatic rings. The molecule has 1 heterocycles. The Hall–Kier alpha value is -2.63. The van der Waals surface area contributed by atoms with E-state index in [9.17, 15) is 0 Å². The van der Waals surface area contributed by atoms with Gasteiger partial charge < -0.3 is 14.2 Å². The van der Waals surface area contributed by atoms with Crippen LogP contribution in [0.3, 0.4) is 0 Å². The second kappa shape index (κ2) is 11.0. The Kier molecular flexibility index (Phi) is 7.53. The minimum absolute atomic E-state index is 0.210. The summed E-state index contributed by atoms with van der Waals surface area (Å²) in [5.41, 5.74) is 3.38. The molecule has 4 nitrogen and oxygen atoms in total. The fraction of sp³-hybridized carbons (Fsp3) is 0.269. The smallest absolute Gasteiger partial charge is 0.261 e. The predicted octanol–water partition coefficient (Wildman–Crippen LogP) is 4.93. The van der Waals surface area contributed by atoms with Gasteiger partial charge >= 0.3 is 0 Å². The van der Waals surface area contributed by atoms with Gasteiger partial charge in [-0.3, -0.25) is 0 Å². The summed E-state index contributed by atoms with van der Waals surface area (Å²) in [6.07, 6.45) is -0.692. The summed E-state index contributed by atoms with van der Waals surface area (Å²) in [5.74, 6) is 0. The molecule has 1 fully saturated rings. The van der Waals surface area contributed by atoms with Crippen molar-refractivity contribution in [2.75, 3.05) is 6.61 Å². The van der Waals surface area contributed by atoms with E-state index in [2.05, 4.69) is 36.4 Å². The second-order valence-corrected chi connectivity index (χ2v) is 7.33. The Labute approximate surface area is 178 Å². The van der Waals surface area contributed by atoms with Crippen molar-refractivity contribution in [1.82, 2.24) is 0 Å². The van der Waals surface area contributed by atoms with Crippen LogP contribution in [0.1, 0.15) is 16.7 Å². The third-order valence-corrected chi connectivity index (χ3v) is 5.04. The largest absolute Gasteiger partial charge is 0.374 e. The van der Waals surface area contributed by atoms with E-state index < -0.39 is 0 Å². The zero-order valence-electron chi connectivity index (χ0n) is 16.9. The molecule has 0 unspecified atom stereocenters. The van der Waals surface area contributed by atoms with Crippen LogP contribution in [0.5, 0.6) is 0 Å². The van der Waals surface area contributed by atoms with Crippen LogP contribution in [-0.4, -0.2) is 24.9 Å². The van der Waals surface area contributed by atoms with Gasteiger partial charge in [0.05, 0.1) is 26.4 Å². The number of ether oxygens (including phenoxy) is 4. The minimum atomic E-state index is -0.251. The maximum Gasteiger partial charge on any atom is 0.261 e. The van der Waals surface area contributed by atoms with Gasteiger partial charge in [0, 0.05) is 0 Å². The van der Waals surface area contributed by atoms with E-state index in [1.54, 1.807) is 6.61 Å². The Balaban J connectivity index is 1.35. The molecular formula is C26H27O4+. The zero-order chi connectivity index (χ0) is 20.4. The predicted molar refractivity (Wildman–Crippen MR) is 115 cm³/mol. The number of benzene rings is 3. The minimum Gasteiger partial charge on any atom is -0.374 e. The molecule has 30 heavy (non-hydrogen) atoms. The van der Waals surface area contributed by atoms with E-state index in [-0.39, 0.29) is 18.3 Å². The van der Waals surface area contributed by atoms with Crippen LogP contribution in [0.25, 0.3) is 0 Å². The van der Waals surface area contributed by atoms with Crippen LogP contribution in [-0.2, 0) is 38.8 Å². The van der Waals surface area contributed by atoms with Crippen molar-refractivity contribution in [2.45, 2.75) is 38.1 Å². The van der Waals surface area contributed by atoms with Crippen LogP contribution in [0, 0.1) is 6.61 Å². The van der Waals surface area contributed by atoms with Crippen LogP contribution in [0.15, 0.2) is 91.0 Å². The highest BCUT2D eigenvalue weighted by molar-refractivity contribution is 5.15. The fourth-order valence-corrected chi connectivity index (χ4v) is 3.42. The topological polar surface area (TPSA) is 36.9 Å². The van der Waals surface area contributed by atoms with Crippen molar-refractivity contribution in [2.24, 2.45) is 0 Å².